The van der Waals surface area contributed by atoms with Gasteiger partial charge in [-0.3, -0.25) is 4.79 Å². The van der Waals surface area contributed by atoms with Gasteiger partial charge in [0.25, 0.3) is 5.91 Å². The summed E-state index contributed by atoms with van der Waals surface area (Å²) in [5.74, 6) is -0.979. The summed E-state index contributed by atoms with van der Waals surface area (Å²) < 4.78 is 77.2. The number of aryl methyl sites for hydroxylation is 1. The lowest BCUT2D eigenvalue weighted by Gasteiger charge is -2.17. The Labute approximate surface area is 152 Å². The average Bonchev–Trinajstić information content (AvgIpc) is 2.59. The fourth-order valence-corrected chi connectivity index (χ4v) is 2.49. The van der Waals surface area contributed by atoms with E-state index in [-0.39, 0.29) is 6.07 Å². The zero-order valence-electron chi connectivity index (χ0n) is 14.3. The molecule has 2 aromatic rings. The molecule has 1 N–H and O–H groups in total. The Morgan fingerprint density at radius 1 is 0.926 bits per heavy atom. The average molecular weight is 389 g/mol. The second kappa shape index (κ2) is 8.02. The van der Waals surface area contributed by atoms with Gasteiger partial charge in [0, 0.05) is 11.6 Å². The van der Waals surface area contributed by atoms with Crippen molar-refractivity contribution in [3.05, 3.63) is 70.8 Å². The third-order valence-corrected chi connectivity index (χ3v) is 3.94. The van der Waals surface area contributed by atoms with Crippen molar-refractivity contribution in [1.82, 2.24) is 5.32 Å². The first-order chi connectivity index (χ1) is 12.5. The molecule has 2 rings (SSSR count). The molecule has 0 aromatic heterocycles. The number of hydrogen-bond acceptors (Lipinski definition) is 1. The standard InChI is InChI=1S/C19H17F6NO/c1-12(7-8-13-5-3-2-4-6-13)26-17(27)14-9-15(18(20,21)22)11-16(10-14)19(23,24)25/h2-6,9-12H,7-8H2,1H3,(H,26,27)/t12-/m1/s1. The summed E-state index contributed by atoms with van der Waals surface area (Å²) in [6, 6.07) is 9.73. The van der Waals surface area contributed by atoms with Crippen molar-refractivity contribution in [2.45, 2.75) is 38.2 Å². The summed E-state index contributed by atoms with van der Waals surface area (Å²) >= 11 is 0. The monoisotopic (exact) mass is 389 g/mol. The van der Waals surface area contributed by atoms with E-state index < -0.39 is 41.0 Å². The highest BCUT2D eigenvalue weighted by atomic mass is 19.4. The van der Waals surface area contributed by atoms with Gasteiger partial charge < -0.3 is 5.32 Å². The van der Waals surface area contributed by atoms with Crippen LogP contribution < -0.4 is 5.32 Å². The Morgan fingerprint density at radius 2 is 1.44 bits per heavy atom. The summed E-state index contributed by atoms with van der Waals surface area (Å²) in [5.41, 5.74) is -2.69. The smallest absolute Gasteiger partial charge is 0.350 e. The van der Waals surface area contributed by atoms with Gasteiger partial charge in [0.1, 0.15) is 0 Å². The highest BCUT2D eigenvalue weighted by molar-refractivity contribution is 5.94. The first-order valence-corrected chi connectivity index (χ1v) is 8.11. The van der Waals surface area contributed by atoms with E-state index >= 15 is 0 Å². The van der Waals surface area contributed by atoms with Crippen molar-refractivity contribution >= 4 is 5.91 Å². The fraction of sp³-hybridized carbons (Fsp3) is 0.316. The van der Waals surface area contributed by atoms with Gasteiger partial charge in [-0.1, -0.05) is 30.3 Å². The van der Waals surface area contributed by atoms with Gasteiger partial charge in [-0.2, -0.15) is 26.3 Å². The predicted molar refractivity (Wildman–Crippen MR) is 88.1 cm³/mol. The van der Waals surface area contributed by atoms with Crippen LogP contribution in [0.5, 0.6) is 0 Å². The van der Waals surface area contributed by atoms with E-state index in [1.54, 1.807) is 6.92 Å². The normalized spacial score (nSPS) is 13.3. The van der Waals surface area contributed by atoms with Crippen molar-refractivity contribution < 1.29 is 31.1 Å². The van der Waals surface area contributed by atoms with Crippen molar-refractivity contribution in [3.8, 4) is 0 Å². The Balaban J connectivity index is 2.14. The highest BCUT2D eigenvalue weighted by Gasteiger charge is 2.37. The summed E-state index contributed by atoms with van der Waals surface area (Å²) in [6.45, 7) is 1.64. The topological polar surface area (TPSA) is 29.1 Å². The second-order valence-corrected chi connectivity index (χ2v) is 6.19. The third kappa shape index (κ3) is 6.01. The maximum Gasteiger partial charge on any atom is 0.416 e. The van der Waals surface area contributed by atoms with Crippen LogP contribution in [0, 0.1) is 0 Å². The maximum atomic E-state index is 12.9. The summed E-state index contributed by atoms with van der Waals surface area (Å²) in [4.78, 5) is 12.2. The molecular formula is C19H17F6NO. The molecule has 0 saturated heterocycles. The van der Waals surface area contributed by atoms with E-state index in [0.717, 1.165) is 5.56 Å². The number of carbonyl (C=O) groups excluding carboxylic acids is 1. The molecule has 0 heterocycles. The number of carbonyl (C=O) groups is 1. The van der Waals surface area contributed by atoms with Crippen LogP contribution in [0.15, 0.2) is 48.5 Å². The molecule has 0 radical (unpaired) electrons. The number of hydrogen-bond donors (Lipinski definition) is 1. The number of alkyl halides is 6. The third-order valence-electron chi connectivity index (χ3n) is 3.94. The van der Waals surface area contributed by atoms with E-state index in [9.17, 15) is 31.1 Å². The molecule has 0 saturated carbocycles. The minimum absolute atomic E-state index is 0.00435. The number of nitrogens with one attached hydrogen (secondary N) is 1. The van der Waals surface area contributed by atoms with E-state index in [4.69, 9.17) is 0 Å². The molecule has 2 nitrogen and oxygen atoms in total. The maximum absolute atomic E-state index is 12.9. The first kappa shape index (κ1) is 20.8. The number of halogens is 6. The largest absolute Gasteiger partial charge is 0.416 e. The van der Waals surface area contributed by atoms with Gasteiger partial charge in [0.2, 0.25) is 0 Å². The molecule has 1 amide bonds. The quantitative estimate of drug-likeness (QED) is 0.675. The minimum atomic E-state index is -4.99. The minimum Gasteiger partial charge on any atom is -0.350 e. The van der Waals surface area contributed by atoms with Crippen LogP contribution >= 0.6 is 0 Å². The molecule has 27 heavy (non-hydrogen) atoms. The molecular weight excluding hydrogens is 372 g/mol. The lowest BCUT2D eigenvalue weighted by atomic mass is 10.0. The summed E-state index contributed by atoms with van der Waals surface area (Å²) in [7, 11) is 0. The van der Waals surface area contributed by atoms with Gasteiger partial charge in [-0.25, -0.2) is 0 Å². The van der Waals surface area contributed by atoms with Crippen LogP contribution in [0.2, 0.25) is 0 Å². The molecule has 8 heteroatoms. The molecule has 0 bridgehead atoms. The van der Waals surface area contributed by atoms with Gasteiger partial charge in [-0.15, -0.1) is 0 Å². The molecule has 0 aliphatic heterocycles. The lowest BCUT2D eigenvalue weighted by Crippen LogP contribution is -2.33. The Bertz CT molecular complexity index is 751. The van der Waals surface area contributed by atoms with E-state index in [1.165, 1.54) is 0 Å². The van der Waals surface area contributed by atoms with Gasteiger partial charge >= 0.3 is 12.4 Å². The molecule has 0 aliphatic carbocycles. The van der Waals surface area contributed by atoms with Crippen LogP contribution in [-0.2, 0) is 18.8 Å². The fourth-order valence-electron chi connectivity index (χ4n) is 2.49. The zero-order valence-corrected chi connectivity index (χ0v) is 14.3. The van der Waals surface area contributed by atoms with E-state index in [1.807, 2.05) is 30.3 Å². The molecule has 2 aromatic carbocycles. The molecule has 0 unspecified atom stereocenters. The van der Waals surface area contributed by atoms with Gasteiger partial charge in [-0.05, 0) is 43.5 Å². The Hall–Kier alpha value is -2.51. The van der Waals surface area contributed by atoms with Crippen molar-refractivity contribution in [2.75, 3.05) is 0 Å². The van der Waals surface area contributed by atoms with Gasteiger partial charge in [0.15, 0.2) is 0 Å². The molecule has 0 aliphatic rings. The SMILES string of the molecule is C[C@H](CCc1ccccc1)NC(=O)c1cc(C(F)(F)F)cc(C(F)(F)F)c1. The van der Waals surface area contributed by atoms with Crippen LogP contribution in [0.25, 0.3) is 0 Å². The summed E-state index contributed by atoms with van der Waals surface area (Å²) in [5, 5.41) is 2.45. The number of benzene rings is 2. The van der Waals surface area contributed by atoms with E-state index in [2.05, 4.69) is 5.32 Å². The van der Waals surface area contributed by atoms with Crippen molar-refractivity contribution in [1.29, 1.82) is 0 Å². The van der Waals surface area contributed by atoms with Crippen LogP contribution in [-0.4, -0.2) is 11.9 Å². The van der Waals surface area contributed by atoms with Gasteiger partial charge in [0.05, 0.1) is 11.1 Å². The van der Waals surface area contributed by atoms with Crippen LogP contribution in [0.4, 0.5) is 26.3 Å². The van der Waals surface area contributed by atoms with Crippen molar-refractivity contribution in [2.24, 2.45) is 0 Å². The van der Waals surface area contributed by atoms with Crippen LogP contribution in [0.3, 0.4) is 0 Å². The second-order valence-electron chi connectivity index (χ2n) is 6.19. The van der Waals surface area contributed by atoms with Crippen LogP contribution in [0.1, 0.15) is 40.4 Å². The highest BCUT2D eigenvalue weighted by Crippen LogP contribution is 2.36. The Kier molecular flexibility index (Phi) is 6.18. The molecule has 1 atom stereocenters. The van der Waals surface area contributed by atoms with Crippen molar-refractivity contribution in [3.63, 3.8) is 0 Å². The Morgan fingerprint density at radius 3 is 1.93 bits per heavy atom. The molecule has 146 valence electrons. The zero-order chi connectivity index (χ0) is 20.2. The lowest BCUT2D eigenvalue weighted by molar-refractivity contribution is -0.143. The summed E-state index contributed by atoms with van der Waals surface area (Å²) in [6.07, 6.45) is -8.88. The predicted octanol–water partition coefficient (Wildman–Crippen LogP) is 5.48. The van der Waals surface area contributed by atoms with E-state index in [0.29, 0.717) is 25.0 Å². The molecule has 0 fully saturated rings. The first-order valence-electron chi connectivity index (χ1n) is 8.11. The molecule has 0 spiro atoms. The number of rotatable bonds is 5. The number of amides is 1.